The van der Waals surface area contributed by atoms with Gasteiger partial charge in [-0.15, -0.1) is 11.3 Å². The van der Waals surface area contributed by atoms with Crippen molar-refractivity contribution in [2.24, 2.45) is 11.3 Å². The molecule has 3 heterocycles. The fraction of sp³-hybridized carbons (Fsp3) is 0.579. The monoisotopic (exact) mass is 391 g/mol. The van der Waals surface area contributed by atoms with Crippen LogP contribution in [0.15, 0.2) is 16.2 Å². The summed E-state index contributed by atoms with van der Waals surface area (Å²) in [5.74, 6) is -0.399. The summed E-state index contributed by atoms with van der Waals surface area (Å²) in [5, 5.41) is 1.87. The number of aromatic nitrogens is 2. The number of thiazole rings is 1. The first-order valence-electron chi connectivity index (χ1n) is 9.09. The summed E-state index contributed by atoms with van der Waals surface area (Å²) in [6.07, 6.45) is 1.19. The van der Waals surface area contributed by atoms with E-state index >= 15 is 0 Å². The Bertz CT molecular complexity index is 917. The molecule has 0 N–H and O–H groups in total. The van der Waals surface area contributed by atoms with Gasteiger partial charge in [-0.05, 0) is 19.8 Å². The van der Waals surface area contributed by atoms with Gasteiger partial charge in [0.25, 0.3) is 5.56 Å². The van der Waals surface area contributed by atoms with Crippen LogP contribution in [-0.2, 0) is 20.9 Å². The third-order valence-corrected chi connectivity index (χ3v) is 5.69. The topological polar surface area (TPSA) is 81.0 Å². The first-order chi connectivity index (χ1) is 12.7. The zero-order valence-corrected chi connectivity index (χ0v) is 17.0. The number of esters is 1. The molecular formula is C19H25N3O4S. The van der Waals surface area contributed by atoms with Crippen molar-refractivity contribution in [3.05, 3.63) is 33.2 Å². The molecule has 1 aliphatic heterocycles. The minimum Gasteiger partial charge on any atom is -0.459 e. The van der Waals surface area contributed by atoms with E-state index in [-0.39, 0.29) is 30.0 Å². The Morgan fingerprint density at radius 2 is 1.96 bits per heavy atom. The highest BCUT2D eigenvalue weighted by molar-refractivity contribution is 7.15. The SMILES string of the molecule is Cc1csc2nc(COC(=O)C3CCN(C(=O)C(C)(C)C)CC3)cc(=O)n12. The molecule has 3 rings (SSSR count). The Balaban J connectivity index is 1.56. The van der Waals surface area contributed by atoms with Crippen LogP contribution in [0.2, 0.25) is 0 Å². The van der Waals surface area contributed by atoms with Gasteiger partial charge in [-0.3, -0.25) is 18.8 Å². The van der Waals surface area contributed by atoms with E-state index in [4.69, 9.17) is 4.74 Å². The zero-order valence-electron chi connectivity index (χ0n) is 16.2. The van der Waals surface area contributed by atoms with E-state index in [1.165, 1.54) is 21.8 Å². The number of fused-ring (bicyclic) bond motifs is 1. The number of ether oxygens (including phenoxy) is 1. The molecular weight excluding hydrogens is 366 g/mol. The number of carbonyl (C=O) groups excluding carboxylic acids is 2. The number of aryl methyl sites for hydroxylation is 1. The molecule has 27 heavy (non-hydrogen) atoms. The minimum atomic E-state index is -0.411. The van der Waals surface area contributed by atoms with Crippen LogP contribution < -0.4 is 5.56 Å². The number of carbonyl (C=O) groups is 2. The first kappa shape index (κ1) is 19.5. The third-order valence-electron chi connectivity index (χ3n) is 4.75. The molecule has 0 spiro atoms. The summed E-state index contributed by atoms with van der Waals surface area (Å²) >= 11 is 1.38. The number of rotatable bonds is 3. The molecule has 1 aliphatic rings. The van der Waals surface area contributed by atoms with Crippen molar-refractivity contribution in [1.82, 2.24) is 14.3 Å². The summed E-state index contributed by atoms with van der Waals surface area (Å²) in [6.45, 7) is 8.67. The lowest BCUT2D eigenvalue weighted by Crippen LogP contribution is -2.45. The molecule has 146 valence electrons. The van der Waals surface area contributed by atoms with Crippen molar-refractivity contribution >= 4 is 28.2 Å². The molecule has 0 atom stereocenters. The Labute approximate surface area is 162 Å². The van der Waals surface area contributed by atoms with Crippen LogP contribution in [0.3, 0.4) is 0 Å². The molecule has 0 bridgehead atoms. The molecule has 0 radical (unpaired) electrons. The lowest BCUT2D eigenvalue weighted by molar-refractivity contribution is -0.154. The van der Waals surface area contributed by atoms with E-state index in [9.17, 15) is 14.4 Å². The van der Waals surface area contributed by atoms with E-state index in [0.717, 1.165) is 5.69 Å². The lowest BCUT2D eigenvalue weighted by atomic mass is 9.91. The fourth-order valence-corrected chi connectivity index (χ4v) is 4.12. The van der Waals surface area contributed by atoms with Gasteiger partial charge in [0.15, 0.2) is 4.96 Å². The summed E-state index contributed by atoms with van der Waals surface area (Å²) in [7, 11) is 0. The van der Waals surface area contributed by atoms with Crippen LogP contribution in [0.4, 0.5) is 0 Å². The van der Waals surface area contributed by atoms with E-state index in [1.807, 2.05) is 38.0 Å². The summed E-state index contributed by atoms with van der Waals surface area (Å²) in [6, 6.07) is 1.41. The number of likely N-dealkylation sites (tertiary alicyclic amines) is 1. The summed E-state index contributed by atoms with van der Waals surface area (Å²) in [5.41, 5.74) is 0.716. The van der Waals surface area contributed by atoms with Crippen LogP contribution in [0, 0.1) is 18.3 Å². The van der Waals surface area contributed by atoms with E-state index in [1.54, 1.807) is 0 Å². The normalized spacial score (nSPS) is 15.9. The van der Waals surface area contributed by atoms with Gasteiger partial charge in [0.05, 0.1) is 11.6 Å². The number of nitrogens with zero attached hydrogens (tertiary/aromatic N) is 3. The van der Waals surface area contributed by atoms with Gasteiger partial charge in [0.1, 0.15) is 6.61 Å². The molecule has 2 aromatic heterocycles. The average Bonchev–Trinajstić information content (AvgIpc) is 3.00. The molecule has 1 saturated heterocycles. The lowest BCUT2D eigenvalue weighted by Gasteiger charge is -2.34. The van der Waals surface area contributed by atoms with Crippen LogP contribution >= 0.6 is 11.3 Å². The predicted molar refractivity (Wildman–Crippen MR) is 103 cm³/mol. The van der Waals surface area contributed by atoms with Gasteiger partial charge in [0, 0.05) is 35.6 Å². The van der Waals surface area contributed by atoms with E-state index in [0.29, 0.717) is 36.6 Å². The fourth-order valence-electron chi connectivity index (χ4n) is 3.23. The van der Waals surface area contributed by atoms with Crippen molar-refractivity contribution < 1.29 is 14.3 Å². The van der Waals surface area contributed by atoms with Crippen molar-refractivity contribution in [3.8, 4) is 0 Å². The third kappa shape index (κ3) is 4.21. The number of hydrogen-bond acceptors (Lipinski definition) is 6. The van der Waals surface area contributed by atoms with Crippen LogP contribution in [0.5, 0.6) is 0 Å². The highest BCUT2D eigenvalue weighted by Crippen LogP contribution is 2.24. The zero-order chi connectivity index (χ0) is 19.8. The van der Waals surface area contributed by atoms with Crippen molar-refractivity contribution in [2.75, 3.05) is 13.1 Å². The van der Waals surface area contributed by atoms with Crippen LogP contribution in [0.25, 0.3) is 4.96 Å². The Hall–Kier alpha value is -2.22. The van der Waals surface area contributed by atoms with Crippen molar-refractivity contribution in [3.63, 3.8) is 0 Å². The number of amides is 1. The second kappa shape index (κ2) is 7.42. The maximum Gasteiger partial charge on any atom is 0.309 e. The largest absolute Gasteiger partial charge is 0.459 e. The smallest absolute Gasteiger partial charge is 0.309 e. The maximum atomic E-state index is 12.4. The van der Waals surface area contributed by atoms with Gasteiger partial charge >= 0.3 is 5.97 Å². The first-order valence-corrected chi connectivity index (χ1v) is 9.97. The van der Waals surface area contributed by atoms with Gasteiger partial charge < -0.3 is 9.64 Å². The molecule has 1 amide bonds. The minimum absolute atomic E-state index is 0.0113. The van der Waals surface area contributed by atoms with Gasteiger partial charge in [-0.2, -0.15) is 0 Å². The van der Waals surface area contributed by atoms with Gasteiger partial charge in [-0.25, -0.2) is 4.98 Å². The highest BCUT2D eigenvalue weighted by atomic mass is 32.1. The quantitative estimate of drug-likeness (QED) is 0.751. The van der Waals surface area contributed by atoms with E-state index in [2.05, 4.69) is 4.98 Å². The Morgan fingerprint density at radius 1 is 1.30 bits per heavy atom. The van der Waals surface area contributed by atoms with Crippen molar-refractivity contribution in [2.45, 2.75) is 47.1 Å². The average molecular weight is 391 g/mol. The number of piperidine rings is 1. The molecule has 8 heteroatoms. The standard InChI is InChI=1S/C19H25N3O4S/c1-12-11-27-18-20-14(9-15(23)22(12)18)10-26-16(24)13-5-7-21(8-6-13)17(25)19(2,3)4/h9,11,13H,5-8,10H2,1-4H3. The molecule has 7 nitrogen and oxygen atoms in total. The van der Waals surface area contributed by atoms with E-state index < -0.39 is 5.41 Å². The van der Waals surface area contributed by atoms with Crippen LogP contribution in [-0.4, -0.2) is 39.3 Å². The molecule has 0 aliphatic carbocycles. The van der Waals surface area contributed by atoms with Crippen LogP contribution in [0.1, 0.15) is 45.0 Å². The van der Waals surface area contributed by atoms with Crippen molar-refractivity contribution in [1.29, 1.82) is 0 Å². The number of hydrogen-bond donors (Lipinski definition) is 0. The molecule has 0 unspecified atom stereocenters. The summed E-state index contributed by atoms with van der Waals surface area (Å²) in [4.78, 5) is 43.6. The van der Waals surface area contributed by atoms with Gasteiger partial charge in [-0.1, -0.05) is 20.8 Å². The molecule has 0 aromatic carbocycles. The molecule has 2 aromatic rings. The Morgan fingerprint density at radius 3 is 2.59 bits per heavy atom. The molecule has 0 saturated carbocycles. The second-order valence-electron chi connectivity index (χ2n) is 8.00. The summed E-state index contributed by atoms with van der Waals surface area (Å²) < 4.78 is 6.93. The second-order valence-corrected chi connectivity index (χ2v) is 8.84. The maximum absolute atomic E-state index is 12.4. The highest BCUT2D eigenvalue weighted by Gasteiger charge is 2.33. The molecule has 1 fully saturated rings. The van der Waals surface area contributed by atoms with Gasteiger partial charge in [0.2, 0.25) is 5.91 Å². The predicted octanol–water partition coefficient (Wildman–Crippen LogP) is 2.39. The Kier molecular flexibility index (Phi) is 5.37.